The summed E-state index contributed by atoms with van der Waals surface area (Å²) in [5.74, 6) is -0.949. The first kappa shape index (κ1) is 45.3. The van der Waals surface area contributed by atoms with Crippen molar-refractivity contribution in [2.24, 2.45) is 0 Å². The van der Waals surface area contributed by atoms with Crippen molar-refractivity contribution in [1.82, 2.24) is 0 Å². The topological polar surface area (TPSA) is 119 Å². The van der Waals surface area contributed by atoms with Gasteiger partial charge in [0.25, 0.3) is 0 Å². The highest BCUT2D eigenvalue weighted by atomic mass is 31.2. The second-order valence-electron chi connectivity index (χ2n) is 12.5. The fourth-order valence-corrected chi connectivity index (χ4v) is 5.41. The number of phosphoric ester groups is 1. The molecule has 0 heterocycles. The van der Waals surface area contributed by atoms with Crippen molar-refractivity contribution >= 4 is 19.8 Å². The maximum Gasteiger partial charge on any atom is 0.469 e. The molecule has 0 bridgehead atoms. The van der Waals surface area contributed by atoms with Gasteiger partial charge < -0.3 is 19.3 Å². The highest BCUT2D eigenvalue weighted by Crippen LogP contribution is 2.36. The molecule has 0 fully saturated rings. The molecule has 0 aliphatic carbocycles. The smallest absolute Gasteiger partial charge is 0.462 e. The Hall–Kier alpha value is -1.73. The van der Waals surface area contributed by atoms with E-state index < -0.39 is 32.5 Å². The number of carbonyl (C=O) groups excluding carboxylic acids is 2. The number of phosphoric acid groups is 1. The molecule has 0 amide bonds. The Kier molecular flexibility index (Phi) is 32.9. The van der Waals surface area contributed by atoms with E-state index in [1.807, 2.05) is 6.08 Å². The average Bonchev–Trinajstić information content (AvgIpc) is 3.04. The molecule has 0 saturated heterocycles. The number of carbonyl (C=O) groups is 2. The van der Waals surface area contributed by atoms with E-state index in [2.05, 4.69) is 48.8 Å². The lowest BCUT2D eigenvalue weighted by atomic mass is 10.1. The number of esters is 2. The van der Waals surface area contributed by atoms with Crippen LogP contribution in [0.3, 0.4) is 0 Å². The lowest BCUT2D eigenvalue weighted by Gasteiger charge is -2.18. The number of ether oxygens (including phenoxy) is 2. The minimum absolute atomic E-state index is 0.147. The molecule has 9 heteroatoms. The van der Waals surface area contributed by atoms with Crippen LogP contribution in [0.5, 0.6) is 0 Å². The third-order valence-electron chi connectivity index (χ3n) is 7.88. The summed E-state index contributed by atoms with van der Waals surface area (Å²) < 4.78 is 26.2. The second kappa shape index (κ2) is 34.1. The molecule has 47 heavy (non-hydrogen) atoms. The van der Waals surface area contributed by atoms with E-state index in [1.165, 1.54) is 77.0 Å². The van der Waals surface area contributed by atoms with Crippen LogP contribution in [-0.4, -0.2) is 41.0 Å². The summed E-state index contributed by atoms with van der Waals surface area (Å²) in [6.45, 7) is 3.60. The molecule has 0 spiro atoms. The number of hydrogen-bond donors (Lipinski definition) is 2. The summed E-state index contributed by atoms with van der Waals surface area (Å²) >= 11 is 0. The van der Waals surface area contributed by atoms with E-state index in [9.17, 15) is 14.2 Å². The van der Waals surface area contributed by atoms with Crippen molar-refractivity contribution in [3.63, 3.8) is 0 Å². The van der Waals surface area contributed by atoms with Crippen molar-refractivity contribution < 1.29 is 37.9 Å². The van der Waals surface area contributed by atoms with E-state index in [0.29, 0.717) is 12.8 Å². The van der Waals surface area contributed by atoms with Crippen LogP contribution >= 0.6 is 7.82 Å². The molecule has 0 saturated carbocycles. The highest BCUT2D eigenvalue weighted by molar-refractivity contribution is 7.46. The third kappa shape index (κ3) is 36.9. The first-order valence-electron chi connectivity index (χ1n) is 18.8. The molecule has 2 N–H and O–H groups in total. The molecule has 0 aliphatic rings. The molecule has 0 aliphatic heterocycles. The average molecular weight is 685 g/mol. The van der Waals surface area contributed by atoms with E-state index in [1.54, 1.807) is 0 Å². The van der Waals surface area contributed by atoms with Crippen LogP contribution in [0.1, 0.15) is 174 Å². The molecular weight excluding hydrogens is 615 g/mol. The monoisotopic (exact) mass is 684 g/mol. The van der Waals surface area contributed by atoms with E-state index in [-0.39, 0.29) is 19.4 Å². The van der Waals surface area contributed by atoms with E-state index in [0.717, 1.165) is 57.8 Å². The van der Waals surface area contributed by atoms with Crippen LogP contribution in [0, 0.1) is 0 Å². The van der Waals surface area contributed by atoms with Gasteiger partial charge in [0.15, 0.2) is 6.10 Å². The van der Waals surface area contributed by atoms with Gasteiger partial charge in [-0.2, -0.15) is 0 Å². The summed E-state index contributed by atoms with van der Waals surface area (Å²) in [5.41, 5.74) is 0. The van der Waals surface area contributed by atoms with Gasteiger partial charge in [-0.25, -0.2) is 4.57 Å². The Balaban J connectivity index is 4.05. The number of allylic oxidation sites excluding steroid dienone is 6. The quantitative estimate of drug-likeness (QED) is 0.0297. The molecule has 0 aromatic carbocycles. The van der Waals surface area contributed by atoms with Gasteiger partial charge in [0.2, 0.25) is 0 Å². The first-order valence-corrected chi connectivity index (χ1v) is 20.3. The zero-order valence-electron chi connectivity index (χ0n) is 29.9. The van der Waals surface area contributed by atoms with Crippen molar-refractivity contribution in [3.8, 4) is 0 Å². The molecule has 0 rings (SSSR count). The van der Waals surface area contributed by atoms with Crippen molar-refractivity contribution in [2.45, 2.75) is 180 Å². The SMILES string of the molecule is CCCCC/C=C/CCCCCCCC(=O)OC[C@H](COP(=O)(O)O)OC(=O)CCC/C=C/C/C=C/CCCCCCCCCCC. The van der Waals surface area contributed by atoms with Gasteiger partial charge >= 0.3 is 19.8 Å². The van der Waals surface area contributed by atoms with Crippen LogP contribution in [0.25, 0.3) is 0 Å². The Morgan fingerprint density at radius 2 is 0.979 bits per heavy atom. The summed E-state index contributed by atoms with van der Waals surface area (Å²) in [6, 6.07) is 0. The van der Waals surface area contributed by atoms with E-state index >= 15 is 0 Å². The maximum atomic E-state index is 12.3. The predicted octanol–water partition coefficient (Wildman–Crippen LogP) is 11.0. The van der Waals surface area contributed by atoms with Crippen molar-refractivity contribution in [1.29, 1.82) is 0 Å². The van der Waals surface area contributed by atoms with Crippen LogP contribution < -0.4 is 0 Å². The predicted molar refractivity (Wildman–Crippen MR) is 193 cm³/mol. The Labute approximate surface area is 287 Å². The molecule has 1 atom stereocenters. The number of hydrogen-bond acceptors (Lipinski definition) is 6. The standard InChI is InChI=1S/C38H69O8P/c1-3-5-7-9-11-13-15-17-18-19-20-21-23-25-27-29-31-33-38(40)46-36(35-45-47(41,42)43)34-44-37(39)32-30-28-26-24-22-16-14-12-10-8-6-4-2/h12,14,20-21,25,27,36H,3-11,13,15-19,22-24,26,28-35H2,1-2H3,(H2,41,42,43)/b14-12+,21-20+,27-25+/t36-/m1/s1. The van der Waals surface area contributed by atoms with Crippen LogP contribution in [0.2, 0.25) is 0 Å². The molecule has 0 aromatic heterocycles. The minimum Gasteiger partial charge on any atom is -0.462 e. The normalized spacial score (nSPS) is 12.9. The Bertz CT molecular complexity index is 864. The minimum atomic E-state index is -4.76. The lowest BCUT2D eigenvalue weighted by Crippen LogP contribution is -2.29. The van der Waals surface area contributed by atoms with Gasteiger partial charge in [-0.05, 0) is 64.2 Å². The fraction of sp³-hybridized carbons (Fsp3) is 0.789. The summed E-state index contributed by atoms with van der Waals surface area (Å²) in [6.07, 6.45) is 38.8. The van der Waals surface area contributed by atoms with Gasteiger partial charge in [-0.3, -0.25) is 14.1 Å². The van der Waals surface area contributed by atoms with Gasteiger partial charge in [-0.1, -0.05) is 134 Å². The second-order valence-corrected chi connectivity index (χ2v) is 13.8. The van der Waals surface area contributed by atoms with Gasteiger partial charge in [0.05, 0.1) is 6.61 Å². The Morgan fingerprint density at radius 3 is 1.53 bits per heavy atom. The molecule has 0 radical (unpaired) electrons. The summed E-state index contributed by atoms with van der Waals surface area (Å²) in [5, 5.41) is 0. The Morgan fingerprint density at radius 1 is 0.553 bits per heavy atom. The molecule has 0 aromatic rings. The van der Waals surface area contributed by atoms with Crippen LogP contribution in [0.15, 0.2) is 36.5 Å². The fourth-order valence-electron chi connectivity index (χ4n) is 5.05. The number of unbranched alkanes of at least 4 members (excludes halogenated alkanes) is 18. The van der Waals surface area contributed by atoms with Gasteiger partial charge in [0.1, 0.15) is 6.61 Å². The molecule has 8 nitrogen and oxygen atoms in total. The largest absolute Gasteiger partial charge is 0.469 e. The van der Waals surface area contributed by atoms with E-state index in [4.69, 9.17) is 19.3 Å². The third-order valence-corrected chi connectivity index (χ3v) is 8.37. The lowest BCUT2D eigenvalue weighted by molar-refractivity contribution is -0.161. The first-order chi connectivity index (χ1) is 22.8. The van der Waals surface area contributed by atoms with Crippen LogP contribution in [-0.2, 0) is 28.2 Å². The van der Waals surface area contributed by atoms with Crippen molar-refractivity contribution in [2.75, 3.05) is 13.2 Å². The van der Waals surface area contributed by atoms with Crippen LogP contribution in [0.4, 0.5) is 0 Å². The highest BCUT2D eigenvalue weighted by Gasteiger charge is 2.22. The molecule has 0 unspecified atom stereocenters. The van der Waals surface area contributed by atoms with Gasteiger partial charge in [-0.15, -0.1) is 0 Å². The van der Waals surface area contributed by atoms with Crippen molar-refractivity contribution in [3.05, 3.63) is 36.5 Å². The number of rotatable bonds is 34. The molecule has 274 valence electrons. The zero-order chi connectivity index (χ0) is 34.7. The summed E-state index contributed by atoms with van der Waals surface area (Å²) in [4.78, 5) is 42.6. The summed E-state index contributed by atoms with van der Waals surface area (Å²) in [7, 11) is -4.76. The molecular formula is C38H69O8P. The van der Waals surface area contributed by atoms with Gasteiger partial charge in [0, 0.05) is 12.8 Å². The maximum absolute atomic E-state index is 12.3. The zero-order valence-corrected chi connectivity index (χ0v) is 30.8.